The van der Waals surface area contributed by atoms with Gasteiger partial charge in [0, 0.05) is 0 Å². The molecule has 0 aromatic rings. The van der Waals surface area contributed by atoms with E-state index in [9.17, 15) is 14.8 Å². The first-order valence-electron chi connectivity index (χ1n) is 6.36. The van der Waals surface area contributed by atoms with Crippen molar-refractivity contribution in [2.75, 3.05) is 13.3 Å². The van der Waals surface area contributed by atoms with Crippen LogP contribution in [-0.2, 0) is 19.1 Å². The molecule has 0 saturated carbocycles. The van der Waals surface area contributed by atoms with Gasteiger partial charge in [0.15, 0.2) is 6.04 Å². The second kappa shape index (κ2) is 6.95. The summed E-state index contributed by atoms with van der Waals surface area (Å²) in [5.41, 5.74) is -0.705. The molecule has 0 aromatic carbocycles. The summed E-state index contributed by atoms with van der Waals surface area (Å²) in [5.74, 6) is -1.10. The van der Waals surface area contributed by atoms with Crippen LogP contribution in [-0.4, -0.2) is 52.2 Å². The maximum Gasteiger partial charge on any atom is 0.511 e. The van der Waals surface area contributed by atoms with Gasteiger partial charge in [-0.25, -0.2) is 9.59 Å². The lowest BCUT2D eigenvalue weighted by molar-refractivity contribution is -0.712. The van der Waals surface area contributed by atoms with Crippen molar-refractivity contribution in [2.45, 2.75) is 45.3 Å². The molecule has 0 amide bonds. The predicted octanol–water partition coefficient (Wildman–Crippen LogP) is 1.25. The van der Waals surface area contributed by atoms with Crippen molar-refractivity contribution in [3.63, 3.8) is 0 Å². The lowest BCUT2D eigenvalue weighted by Gasteiger charge is -2.18. The van der Waals surface area contributed by atoms with Crippen LogP contribution in [0.1, 0.15) is 33.6 Å². The van der Waals surface area contributed by atoms with Crippen LogP contribution in [0.2, 0.25) is 0 Å². The van der Waals surface area contributed by atoms with Crippen molar-refractivity contribution in [3.8, 4) is 0 Å². The molecule has 0 radical (unpaired) electrons. The first-order valence-corrected chi connectivity index (χ1v) is 6.36. The minimum absolute atomic E-state index is 0.0459. The molecule has 10 heteroatoms. The Morgan fingerprint density at radius 2 is 2.14 bits per heavy atom. The number of rotatable bonds is 5. The Morgan fingerprint density at radius 1 is 1.48 bits per heavy atom. The molecule has 0 aliphatic carbocycles. The third-order valence-electron chi connectivity index (χ3n) is 2.48. The summed E-state index contributed by atoms with van der Waals surface area (Å²) in [7, 11) is 0. The number of nitrogens with zero attached hydrogens (tertiary/aromatic N) is 3. The fourth-order valence-corrected chi connectivity index (χ4v) is 1.68. The SMILES string of the molecule is CC(C)(C)OC(=O)OCON=[N+]([O-])N1CCC[C@H]1C(=O)O. The van der Waals surface area contributed by atoms with Crippen LogP contribution in [0.15, 0.2) is 5.28 Å². The highest BCUT2D eigenvalue weighted by Gasteiger charge is 2.36. The van der Waals surface area contributed by atoms with E-state index in [-0.39, 0.29) is 11.5 Å². The molecule has 21 heavy (non-hydrogen) atoms. The largest absolute Gasteiger partial charge is 0.569 e. The second-order valence-electron chi connectivity index (χ2n) is 5.35. The number of aliphatic carboxylic acids is 1. The molecule has 1 saturated heterocycles. The van der Waals surface area contributed by atoms with Gasteiger partial charge in [-0.15, -0.1) is 5.01 Å². The number of carboxylic acids is 1. The maximum absolute atomic E-state index is 11.5. The predicted molar refractivity (Wildman–Crippen MR) is 66.7 cm³/mol. The van der Waals surface area contributed by atoms with Crippen LogP contribution in [0, 0.1) is 5.21 Å². The van der Waals surface area contributed by atoms with Crippen LogP contribution in [0.5, 0.6) is 0 Å². The highest BCUT2D eigenvalue weighted by molar-refractivity contribution is 5.73. The van der Waals surface area contributed by atoms with Gasteiger partial charge in [0.25, 0.3) is 6.79 Å². The smallest absolute Gasteiger partial charge is 0.511 e. The highest BCUT2D eigenvalue weighted by Crippen LogP contribution is 2.17. The number of carboxylic acid groups (broad SMARTS) is 1. The van der Waals surface area contributed by atoms with Gasteiger partial charge in [0.1, 0.15) is 5.60 Å². The zero-order valence-electron chi connectivity index (χ0n) is 12.1. The average molecular weight is 305 g/mol. The number of ether oxygens (including phenoxy) is 2. The Kier molecular flexibility index (Phi) is 5.56. The molecular weight excluding hydrogens is 286 g/mol. The molecular formula is C11H19N3O7. The van der Waals surface area contributed by atoms with Crippen LogP contribution in [0.3, 0.4) is 0 Å². The van der Waals surface area contributed by atoms with Crippen molar-refractivity contribution in [1.29, 1.82) is 0 Å². The van der Waals surface area contributed by atoms with Crippen LogP contribution in [0.4, 0.5) is 4.79 Å². The molecule has 1 heterocycles. The minimum atomic E-state index is -1.10. The standard InChI is InChI=1S/C11H19N3O7/c1-11(2,3)21-10(17)19-7-20-12-14(18)13-6-4-5-8(13)9(15)16/h8H,4-7H2,1-3H3,(H,15,16)/t8-/m0/s1. The summed E-state index contributed by atoms with van der Waals surface area (Å²) in [6.07, 6.45) is -0.0304. The molecule has 120 valence electrons. The van der Waals surface area contributed by atoms with Gasteiger partial charge >= 0.3 is 12.1 Å². The minimum Gasteiger partial charge on any atom is -0.569 e. The second-order valence-corrected chi connectivity index (χ2v) is 5.35. The summed E-state index contributed by atoms with van der Waals surface area (Å²) >= 11 is 0. The van der Waals surface area contributed by atoms with Crippen LogP contribution in [0.25, 0.3) is 0 Å². The number of hydrazine groups is 1. The maximum atomic E-state index is 11.5. The molecule has 1 aliphatic heterocycles. The summed E-state index contributed by atoms with van der Waals surface area (Å²) < 4.78 is 9.36. The monoisotopic (exact) mass is 305 g/mol. The Bertz CT molecular complexity index is 419. The van der Waals surface area contributed by atoms with Gasteiger partial charge in [-0.3, -0.25) is 0 Å². The van der Waals surface area contributed by atoms with Crippen molar-refractivity contribution >= 4 is 12.1 Å². The molecule has 0 bridgehead atoms. The van der Waals surface area contributed by atoms with Crippen LogP contribution >= 0.6 is 0 Å². The zero-order chi connectivity index (χ0) is 16.0. The highest BCUT2D eigenvalue weighted by atomic mass is 16.8. The van der Waals surface area contributed by atoms with Crippen molar-refractivity contribution in [1.82, 2.24) is 5.01 Å². The lowest BCUT2D eigenvalue weighted by atomic mass is 10.2. The van der Waals surface area contributed by atoms with E-state index in [4.69, 9.17) is 9.84 Å². The summed E-state index contributed by atoms with van der Waals surface area (Å²) in [5, 5.41) is 24.6. The van der Waals surface area contributed by atoms with E-state index >= 15 is 0 Å². The van der Waals surface area contributed by atoms with Gasteiger partial charge in [0.2, 0.25) is 5.28 Å². The quantitative estimate of drug-likeness (QED) is 0.201. The third-order valence-corrected chi connectivity index (χ3v) is 2.48. The van der Waals surface area contributed by atoms with E-state index in [1.165, 1.54) is 0 Å². The molecule has 1 atom stereocenters. The van der Waals surface area contributed by atoms with Crippen molar-refractivity contribution in [2.24, 2.45) is 5.28 Å². The molecule has 0 unspecified atom stereocenters. The van der Waals surface area contributed by atoms with Crippen molar-refractivity contribution in [3.05, 3.63) is 5.21 Å². The van der Waals surface area contributed by atoms with E-state index in [2.05, 4.69) is 14.9 Å². The average Bonchev–Trinajstić information content (AvgIpc) is 2.81. The third kappa shape index (κ3) is 5.71. The summed E-state index contributed by atoms with van der Waals surface area (Å²) in [6.45, 7) is 4.65. The number of carbonyl (C=O) groups is 2. The lowest BCUT2D eigenvalue weighted by Crippen LogP contribution is -2.40. The van der Waals surface area contributed by atoms with Crippen LogP contribution < -0.4 is 0 Å². The topological polar surface area (TPSA) is 124 Å². The number of hydrogen-bond donors (Lipinski definition) is 1. The van der Waals surface area contributed by atoms with Gasteiger partial charge in [-0.05, 0) is 33.6 Å². The molecule has 10 nitrogen and oxygen atoms in total. The fourth-order valence-electron chi connectivity index (χ4n) is 1.68. The van der Waals surface area contributed by atoms with E-state index < -0.39 is 30.6 Å². The first-order chi connectivity index (χ1) is 9.70. The molecule has 1 rings (SSSR count). The van der Waals surface area contributed by atoms with Gasteiger partial charge in [-0.1, -0.05) is 0 Å². The van der Waals surface area contributed by atoms with Gasteiger partial charge < -0.3 is 24.6 Å². The van der Waals surface area contributed by atoms with E-state index in [1.807, 2.05) is 0 Å². The van der Waals surface area contributed by atoms with Crippen molar-refractivity contribution < 1.29 is 34.0 Å². The first kappa shape index (κ1) is 16.8. The van der Waals surface area contributed by atoms with Gasteiger partial charge in [-0.2, -0.15) is 0 Å². The zero-order valence-corrected chi connectivity index (χ0v) is 12.1. The summed E-state index contributed by atoms with van der Waals surface area (Å²) in [4.78, 5) is 26.6. The van der Waals surface area contributed by atoms with E-state index in [1.54, 1.807) is 20.8 Å². The number of carbonyl (C=O) groups excluding carboxylic acids is 1. The Balaban J connectivity index is 2.36. The molecule has 1 aliphatic rings. The number of hydrogen-bond acceptors (Lipinski definition) is 7. The van der Waals surface area contributed by atoms with E-state index in [0.29, 0.717) is 12.8 Å². The molecule has 1 fully saturated rings. The Labute approximate surface area is 121 Å². The Hall–Kier alpha value is -2.26. The van der Waals surface area contributed by atoms with E-state index in [0.717, 1.165) is 5.01 Å². The van der Waals surface area contributed by atoms with Gasteiger partial charge in [0.05, 0.1) is 11.5 Å². The molecule has 1 N–H and O–H groups in total. The summed E-state index contributed by atoms with van der Waals surface area (Å²) in [6, 6.07) is -0.929. The molecule has 0 aromatic heterocycles. The Morgan fingerprint density at radius 3 is 2.71 bits per heavy atom. The fraction of sp³-hybridized carbons (Fsp3) is 0.818. The normalized spacial score (nSPS) is 19.3. The molecule has 0 spiro atoms.